The van der Waals surface area contributed by atoms with E-state index in [0.717, 1.165) is 12.1 Å². The summed E-state index contributed by atoms with van der Waals surface area (Å²) in [6.07, 6.45) is 0. The van der Waals surface area contributed by atoms with Gasteiger partial charge in [-0.1, -0.05) is 26.0 Å². The van der Waals surface area contributed by atoms with Crippen molar-refractivity contribution >= 4 is 11.8 Å². The van der Waals surface area contributed by atoms with Crippen LogP contribution in [0.1, 0.15) is 19.4 Å². The van der Waals surface area contributed by atoms with E-state index in [1.165, 1.54) is 12.1 Å². The first-order chi connectivity index (χ1) is 9.11. The van der Waals surface area contributed by atoms with E-state index in [2.05, 4.69) is 18.7 Å². The van der Waals surface area contributed by atoms with E-state index < -0.39 is 5.51 Å². The number of rotatable bonds is 6. The third-order valence-corrected chi connectivity index (χ3v) is 3.60. The quantitative estimate of drug-likeness (QED) is 0.812. The molecule has 0 unspecified atom stereocenters. The number of hydrogen-bond acceptors (Lipinski definition) is 3. The van der Waals surface area contributed by atoms with Crippen LogP contribution in [0.15, 0.2) is 29.2 Å². The van der Waals surface area contributed by atoms with Crippen LogP contribution in [-0.4, -0.2) is 30.5 Å². The van der Waals surface area contributed by atoms with Crippen LogP contribution < -0.4 is 5.73 Å². The van der Waals surface area contributed by atoms with Crippen molar-refractivity contribution in [1.29, 1.82) is 0 Å². The van der Waals surface area contributed by atoms with Crippen LogP contribution in [0.4, 0.5) is 13.2 Å². The number of thioether (sulfide) groups is 1. The number of nitrogens with two attached hydrogens (primary N) is 1. The summed E-state index contributed by atoms with van der Waals surface area (Å²) in [5, 5.41) is 0. The maximum atomic E-state index is 12.2. The number of nitrogens with zero attached hydrogens (tertiary/aromatic N) is 1. The second-order valence-electron chi connectivity index (χ2n) is 5.73. The zero-order chi connectivity index (χ0) is 15.4. The molecule has 0 heterocycles. The molecule has 0 radical (unpaired) electrons. The Bertz CT molecular complexity index is 415. The molecule has 1 rings (SSSR count). The SMILES string of the molecule is CN(Cc1ccc(SC(F)(F)F)cc1)CC(C)(C)CN. The zero-order valence-electron chi connectivity index (χ0n) is 12.0. The number of alkyl halides is 3. The normalized spacial score (nSPS) is 13.0. The lowest BCUT2D eigenvalue weighted by Gasteiger charge is -2.29. The van der Waals surface area contributed by atoms with Crippen LogP contribution >= 0.6 is 11.8 Å². The standard InChI is InChI=1S/C14H21F3N2S/c1-13(2,9-18)10-19(3)8-11-4-6-12(7-5-11)20-14(15,16)17/h4-7H,8-10,18H2,1-3H3. The van der Waals surface area contributed by atoms with Crippen molar-refractivity contribution in [1.82, 2.24) is 4.90 Å². The predicted octanol–water partition coefficient (Wildman–Crippen LogP) is 3.72. The molecule has 1 aromatic carbocycles. The minimum absolute atomic E-state index is 0.0286. The van der Waals surface area contributed by atoms with Crippen molar-refractivity contribution in [2.24, 2.45) is 11.1 Å². The molecule has 2 N–H and O–H groups in total. The molecule has 0 fully saturated rings. The predicted molar refractivity (Wildman–Crippen MR) is 77.5 cm³/mol. The summed E-state index contributed by atoms with van der Waals surface area (Å²) in [5.74, 6) is 0. The smallest absolute Gasteiger partial charge is 0.330 e. The highest BCUT2D eigenvalue weighted by atomic mass is 32.2. The fourth-order valence-electron chi connectivity index (χ4n) is 1.96. The third-order valence-electron chi connectivity index (χ3n) is 2.86. The first-order valence-corrected chi connectivity index (χ1v) is 7.16. The highest BCUT2D eigenvalue weighted by molar-refractivity contribution is 8.00. The second kappa shape index (κ2) is 6.83. The summed E-state index contributed by atoms with van der Waals surface area (Å²) < 4.78 is 36.7. The first kappa shape index (κ1) is 17.3. The van der Waals surface area contributed by atoms with Crippen LogP contribution in [0.3, 0.4) is 0 Å². The molecule has 114 valence electrons. The minimum atomic E-state index is -4.23. The Morgan fingerprint density at radius 1 is 1.15 bits per heavy atom. The lowest BCUT2D eigenvalue weighted by atomic mass is 9.93. The van der Waals surface area contributed by atoms with Gasteiger partial charge in [0.05, 0.1) is 0 Å². The van der Waals surface area contributed by atoms with Gasteiger partial charge in [0.15, 0.2) is 0 Å². The summed E-state index contributed by atoms with van der Waals surface area (Å²) in [7, 11) is 1.98. The van der Waals surface area contributed by atoms with Crippen molar-refractivity contribution in [2.45, 2.75) is 30.8 Å². The molecule has 0 aliphatic rings. The lowest BCUT2D eigenvalue weighted by molar-refractivity contribution is -0.0328. The molecule has 0 aliphatic carbocycles. The molecule has 0 spiro atoms. The molecular weight excluding hydrogens is 285 g/mol. The highest BCUT2D eigenvalue weighted by Gasteiger charge is 2.29. The lowest BCUT2D eigenvalue weighted by Crippen LogP contribution is -2.36. The Balaban J connectivity index is 2.57. The highest BCUT2D eigenvalue weighted by Crippen LogP contribution is 2.36. The van der Waals surface area contributed by atoms with Crippen LogP contribution in [0.2, 0.25) is 0 Å². The number of halogens is 3. The first-order valence-electron chi connectivity index (χ1n) is 6.35. The second-order valence-corrected chi connectivity index (χ2v) is 6.87. The molecule has 0 saturated carbocycles. The van der Waals surface area contributed by atoms with Gasteiger partial charge in [0.1, 0.15) is 0 Å². The van der Waals surface area contributed by atoms with Crippen molar-refractivity contribution in [3.63, 3.8) is 0 Å². The Hall–Kier alpha value is -0.720. The van der Waals surface area contributed by atoms with Crippen molar-refractivity contribution in [2.75, 3.05) is 20.1 Å². The average molecular weight is 306 g/mol. The van der Waals surface area contributed by atoms with Gasteiger partial charge in [-0.15, -0.1) is 0 Å². The van der Waals surface area contributed by atoms with Crippen molar-refractivity contribution in [3.8, 4) is 0 Å². The molecule has 0 bridgehead atoms. The Kier molecular flexibility index (Phi) is 5.91. The molecule has 1 aromatic rings. The molecule has 2 nitrogen and oxygen atoms in total. The molecule has 20 heavy (non-hydrogen) atoms. The van der Waals surface area contributed by atoms with E-state index in [0.29, 0.717) is 13.1 Å². The topological polar surface area (TPSA) is 29.3 Å². The summed E-state index contributed by atoms with van der Waals surface area (Å²) in [6.45, 7) is 6.31. The summed E-state index contributed by atoms with van der Waals surface area (Å²) in [4.78, 5) is 2.34. The minimum Gasteiger partial charge on any atom is -0.330 e. The Morgan fingerprint density at radius 3 is 2.15 bits per heavy atom. The van der Waals surface area contributed by atoms with E-state index >= 15 is 0 Å². The third kappa shape index (κ3) is 6.63. The van der Waals surface area contributed by atoms with E-state index in [1.807, 2.05) is 7.05 Å². The fraction of sp³-hybridized carbons (Fsp3) is 0.571. The van der Waals surface area contributed by atoms with Gasteiger partial charge < -0.3 is 10.6 Å². The van der Waals surface area contributed by atoms with Gasteiger partial charge in [-0.2, -0.15) is 13.2 Å². The maximum Gasteiger partial charge on any atom is 0.446 e. The van der Waals surface area contributed by atoms with Crippen LogP contribution in [-0.2, 0) is 6.54 Å². The maximum absolute atomic E-state index is 12.2. The zero-order valence-corrected chi connectivity index (χ0v) is 12.8. The molecule has 0 amide bonds. The largest absolute Gasteiger partial charge is 0.446 e. The van der Waals surface area contributed by atoms with Gasteiger partial charge in [-0.3, -0.25) is 0 Å². The molecule has 0 saturated heterocycles. The molecule has 0 aliphatic heterocycles. The molecule has 0 atom stereocenters. The van der Waals surface area contributed by atoms with Crippen LogP contribution in [0, 0.1) is 5.41 Å². The van der Waals surface area contributed by atoms with Gasteiger partial charge in [0.2, 0.25) is 0 Å². The number of hydrogen-bond donors (Lipinski definition) is 1. The van der Waals surface area contributed by atoms with Gasteiger partial charge in [-0.05, 0) is 48.5 Å². The molecule has 0 aromatic heterocycles. The van der Waals surface area contributed by atoms with Crippen LogP contribution in [0.5, 0.6) is 0 Å². The van der Waals surface area contributed by atoms with Crippen molar-refractivity contribution < 1.29 is 13.2 Å². The molecular formula is C14H21F3N2S. The Labute approximate surface area is 122 Å². The summed E-state index contributed by atoms with van der Waals surface area (Å²) in [6, 6.07) is 6.49. The average Bonchev–Trinajstić information content (AvgIpc) is 2.29. The monoisotopic (exact) mass is 306 g/mol. The van der Waals surface area contributed by atoms with E-state index in [9.17, 15) is 13.2 Å². The van der Waals surface area contributed by atoms with E-state index in [4.69, 9.17) is 5.73 Å². The fourth-order valence-corrected chi connectivity index (χ4v) is 2.50. The van der Waals surface area contributed by atoms with E-state index in [1.54, 1.807) is 12.1 Å². The van der Waals surface area contributed by atoms with Gasteiger partial charge in [0.25, 0.3) is 0 Å². The Morgan fingerprint density at radius 2 is 1.70 bits per heavy atom. The van der Waals surface area contributed by atoms with Gasteiger partial charge >= 0.3 is 5.51 Å². The van der Waals surface area contributed by atoms with Gasteiger partial charge in [0, 0.05) is 18.0 Å². The van der Waals surface area contributed by atoms with Gasteiger partial charge in [-0.25, -0.2) is 0 Å². The van der Waals surface area contributed by atoms with Crippen molar-refractivity contribution in [3.05, 3.63) is 29.8 Å². The summed E-state index contributed by atoms with van der Waals surface area (Å²) in [5.41, 5.74) is 2.48. The van der Waals surface area contributed by atoms with Crippen LogP contribution in [0.25, 0.3) is 0 Å². The molecule has 6 heteroatoms. The van der Waals surface area contributed by atoms with E-state index in [-0.39, 0.29) is 22.1 Å². The number of benzene rings is 1. The summed E-state index contributed by atoms with van der Waals surface area (Å²) >= 11 is -0.0882.